The van der Waals surface area contributed by atoms with Gasteiger partial charge < -0.3 is 10.2 Å². The number of carbonyl (C=O) groups is 1. The van der Waals surface area contributed by atoms with Crippen molar-refractivity contribution in [2.75, 3.05) is 18.4 Å². The van der Waals surface area contributed by atoms with E-state index in [4.69, 9.17) is 0 Å². The summed E-state index contributed by atoms with van der Waals surface area (Å²) in [6.07, 6.45) is 3.62. The van der Waals surface area contributed by atoms with E-state index < -0.39 is 0 Å². The average Bonchev–Trinajstić information content (AvgIpc) is 2.82. The van der Waals surface area contributed by atoms with E-state index in [1.54, 1.807) is 11.7 Å². The summed E-state index contributed by atoms with van der Waals surface area (Å²) < 4.78 is 0. The third kappa shape index (κ3) is 3.26. The van der Waals surface area contributed by atoms with Crippen LogP contribution in [0.5, 0.6) is 0 Å². The lowest BCUT2D eigenvalue weighted by Gasteiger charge is -2.33. The molecule has 4 nitrogen and oxygen atoms in total. The summed E-state index contributed by atoms with van der Waals surface area (Å²) in [7, 11) is 0. The molecule has 94 valence electrons. The van der Waals surface area contributed by atoms with Crippen LogP contribution >= 0.6 is 11.3 Å². The molecule has 1 aliphatic rings. The Balaban J connectivity index is 1.82. The summed E-state index contributed by atoms with van der Waals surface area (Å²) in [5.74, 6) is 0.310. The number of carbonyl (C=O) groups excluding carboxylic acids is 1. The summed E-state index contributed by atoms with van der Waals surface area (Å²) >= 11 is 1.47. The number of anilines is 1. The molecule has 0 aromatic carbocycles. The first-order chi connectivity index (χ1) is 8.16. The second kappa shape index (κ2) is 5.60. The molecule has 0 saturated carbocycles. The zero-order chi connectivity index (χ0) is 12.3. The van der Waals surface area contributed by atoms with Crippen LogP contribution in [0.3, 0.4) is 0 Å². The maximum atomic E-state index is 12.0. The number of nitrogens with zero attached hydrogens (tertiary/aromatic N) is 2. The first kappa shape index (κ1) is 12.5. The highest BCUT2D eigenvalue weighted by Crippen LogP contribution is 2.21. The number of nitrogens with one attached hydrogen (secondary N) is 1. The molecule has 1 saturated heterocycles. The molecule has 2 rings (SSSR count). The average molecular weight is 253 g/mol. The maximum absolute atomic E-state index is 12.0. The molecule has 1 fully saturated rings. The quantitative estimate of drug-likeness (QED) is 0.898. The molecule has 1 aliphatic heterocycles. The number of amides is 1. The van der Waals surface area contributed by atoms with Crippen LogP contribution in [0.2, 0.25) is 0 Å². The lowest BCUT2D eigenvalue weighted by molar-refractivity contribution is -0.121. The van der Waals surface area contributed by atoms with E-state index in [0.717, 1.165) is 30.9 Å². The Bertz CT molecular complexity index is 356. The number of rotatable bonds is 3. The Morgan fingerprint density at radius 3 is 2.76 bits per heavy atom. The van der Waals surface area contributed by atoms with Crippen molar-refractivity contribution in [1.82, 2.24) is 9.88 Å². The highest BCUT2D eigenvalue weighted by Gasteiger charge is 2.26. The summed E-state index contributed by atoms with van der Waals surface area (Å²) in [5, 5.41) is 3.78. The van der Waals surface area contributed by atoms with Crippen molar-refractivity contribution in [3.63, 3.8) is 0 Å². The molecule has 2 heterocycles. The van der Waals surface area contributed by atoms with Crippen LogP contribution in [0, 0.1) is 5.92 Å². The number of hydrogen-bond acceptors (Lipinski definition) is 4. The van der Waals surface area contributed by atoms with Crippen LogP contribution < -0.4 is 5.32 Å². The third-order valence-electron chi connectivity index (χ3n) is 3.31. The zero-order valence-corrected chi connectivity index (χ0v) is 11.2. The van der Waals surface area contributed by atoms with Gasteiger partial charge in [0.05, 0.1) is 11.7 Å². The van der Waals surface area contributed by atoms with Crippen molar-refractivity contribution >= 4 is 22.2 Å². The Kier molecular flexibility index (Phi) is 4.12. The van der Waals surface area contributed by atoms with Crippen LogP contribution in [0.25, 0.3) is 0 Å². The summed E-state index contributed by atoms with van der Waals surface area (Å²) in [5.41, 5.74) is 1.73. The summed E-state index contributed by atoms with van der Waals surface area (Å²) in [6, 6.07) is 0.584. The second-order valence-corrected chi connectivity index (χ2v) is 5.65. The smallest absolute Gasteiger partial charge is 0.228 e. The number of piperidine rings is 1. The summed E-state index contributed by atoms with van der Waals surface area (Å²) in [6.45, 7) is 6.46. The second-order valence-electron chi connectivity index (χ2n) is 4.76. The van der Waals surface area contributed by atoms with Crippen LogP contribution in [-0.4, -0.2) is 34.9 Å². The Morgan fingerprint density at radius 2 is 2.24 bits per heavy atom. The van der Waals surface area contributed by atoms with Crippen LogP contribution in [0.15, 0.2) is 11.7 Å². The van der Waals surface area contributed by atoms with E-state index in [1.165, 1.54) is 11.3 Å². The fraction of sp³-hybridized carbons (Fsp3) is 0.667. The van der Waals surface area contributed by atoms with Gasteiger partial charge in [0.1, 0.15) is 5.00 Å². The van der Waals surface area contributed by atoms with Gasteiger partial charge in [0.2, 0.25) is 5.91 Å². The third-order valence-corrected chi connectivity index (χ3v) is 4.00. The van der Waals surface area contributed by atoms with Gasteiger partial charge in [-0.15, -0.1) is 11.3 Å². The van der Waals surface area contributed by atoms with E-state index in [-0.39, 0.29) is 11.8 Å². The van der Waals surface area contributed by atoms with Gasteiger partial charge in [0, 0.05) is 12.0 Å². The largest absolute Gasteiger partial charge is 0.316 e. The number of thiazole rings is 1. The van der Waals surface area contributed by atoms with Crippen LogP contribution in [0.1, 0.15) is 26.7 Å². The molecule has 1 amide bonds. The molecule has 0 spiro atoms. The van der Waals surface area contributed by atoms with Gasteiger partial charge in [-0.3, -0.25) is 9.78 Å². The van der Waals surface area contributed by atoms with Gasteiger partial charge in [0.25, 0.3) is 0 Å². The minimum Gasteiger partial charge on any atom is -0.316 e. The van der Waals surface area contributed by atoms with E-state index >= 15 is 0 Å². The molecule has 1 N–H and O–H groups in total. The number of likely N-dealkylation sites (tertiary alicyclic amines) is 1. The lowest BCUT2D eigenvalue weighted by atomic mass is 9.95. The molecule has 0 atom stereocenters. The number of hydrogen-bond donors (Lipinski definition) is 1. The van der Waals surface area contributed by atoms with Gasteiger partial charge in [0.15, 0.2) is 0 Å². The van der Waals surface area contributed by atoms with Crippen LogP contribution in [0.4, 0.5) is 5.00 Å². The molecule has 17 heavy (non-hydrogen) atoms. The van der Waals surface area contributed by atoms with Gasteiger partial charge in [-0.2, -0.15) is 0 Å². The normalized spacial score (nSPS) is 18.5. The molecule has 1 aromatic rings. The predicted molar refractivity (Wildman–Crippen MR) is 70.2 cm³/mol. The fourth-order valence-electron chi connectivity index (χ4n) is 2.18. The Hall–Kier alpha value is -0.940. The van der Waals surface area contributed by atoms with Gasteiger partial charge in [-0.05, 0) is 39.8 Å². The van der Waals surface area contributed by atoms with Crippen molar-refractivity contribution in [3.05, 3.63) is 11.7 Å². The maximum Gasteiger partial charge on any atom is 0.228 e. The molecule has 0 bridgehead atoms. The molecule has 0 unspecified atom stereocenters. The van der Waals surface area contributed by atoms with Crippen LogP contribution in [-0.2, 0) is 4.79 Å². The van der Waals surface area contributed by atoms with Gasteiger partial charge in [-0.25, -0.2) is 0 Å². The zero-order valence-electron chi connectivity index (χ0n) is 10.3. The minimum absolute atomic E-state index is 0.151. The van der Waals surface area contributed by atoms with E-state index in [9.17, 15) is 4.79 Å². The fourth-order valence-corrected chi connectivity index (χ4v) is 2.70. The highest BCUT2D eigenvalue weighted by atomic mass is 32.1. The van der Waals surface area contributed by atoms with Crippen molar-refractivity contribution in [2.24, 2.45) is 5.92 Å². The monoisotopic (exact) mass is 253 g/mol. The van der Waals surface area contributed by atoms with Crippen molar-refractivity contribution < 1.29 is 4.79 Å². The van der Waals surface area contributed by atoms with E-state index in [2.05, 4.69) is 29.0 Å². The van der Waals surface area contributed by atoms with Crippen molar-refractivity contribution in [2.45, 2.75) is 32.7 Å². The van der Waals surface area contributed by atoms with Gasteiger partial charge in [-0.1, -0.05) is 0 Å². The van der Waals surface area contributed by atoms with Gasteiger partial charge >= 0.3 is 0 Å². The molecule has 5 heteroatoms. The van der Waals surface area contributed by atoms with E-state index in [0.29, 0.717) is 6.04 Å². The standard InChI is InChI=1S/C12H19N3OS/c1-9(2)15-5-3-10(4-6-15)12(16)14-11-7-13-8-17-11/h7-10H,3-6H2,1-2H3,(H,14,16). The summed E-state index contributed by atoms with van der Waals surface area (Å²) in [4.78, 5) is 18.4. The minimum atomic E-state index is 0.151. The molecule has 0 aliphatic carbocycles. The number of aromatic nitrogens is 1. The predicted octanol–water partition coefficient (Wildman–Crippen LogP) is 2.20. The molecular formula is C12H19N3OS. The first-order valence-electron chi connectivity index (χ1n) is 6.10. The van der Waals surface area contributed by atoms with E-state index in [1.807, 2.05) is 0 Å². The van der Waals surface area contributed by atoms with Crippen molar-refractivity contribution in [3.8, 4) is 0 Å². The molecule has 0 radical (unpaired) electrons. The first-order valence-corrected chi connectivity index (χ1v) is 6.98. The molecule has 1 aromatic heterocycles. The molecular weight excluding hydrogens is 234 g/mol. The SMILES string of the molecule is CC(C)N1CCC(C(=O)Nc2cncs2)CC1. The lowest BCUT2D eigenvalue weighted by Crippen LogP contribution is -2.41. The topological polar surface area (TPSA) is 45.2 Å². The highest BCUT2D eigenvalue weighted by molar-refractivity contribution is 7.13. The Labute approximate surface area is 106 Å². The van der Waals surface area contributed by atoms with Crippen molar-refractivity contribution in [1.29, 1.82) is 0 Å². The Morgan fingerprint density at radius 1 is 1.53 bits per heavy atom.